The van der Waals surface area contributed by atoms with E-state index in [4.69, 9.17) is 0 Å². The molecule has 0 atom stereocenters. The second-order valence-corrected chi connectivity index (χ2v) is 6.53. The summed E-state index contributed by atoms with van der Waals surface area (Å²) in [5.74, 6) is 0. The largest absolute Gasteiger partial charge is 0.235 e. The van der Waals surface area contributed by atoms with Gasteiger partial charge in [-0.1, -0.05) is 36.4 Å². The molecule has 3 aromatic rings. The van der Waals surface area contributed by atoms with Crippen LogP contribution in [0.15, 0.2) is 58.6 Å². The summed E-state index contributed by atoms with van der Waals surface area (Å²) >= 11 is 3.41. The maximum Gasteiger partial charge on any atom is 0.101 e. The summed E-state index contributed by atoms with van der Waals surface area (Å²) in [6.45, 7) is 2.16. The lowest BCUT2D eigenvalue weighted by Gasteiger charge is -2.12. The maximum atomic E-state index is 4.68. The molecule has 1 nitrogen and oxygen atoms in total. The molecule has 0 saturated carbocycles. The van der Waals surface area contributed by atoms with E-state index in [2.05, 4.69) is 73.0 Å². The Morgan fingerprint density at radius 3 is 2.33 bits per heavy atom. The molecule has 21 heavy (non-hydrogen) atoms. The molecule has 0 bridgehead atoms. The lowest BCUT2D eigenvalue weighted by Crippen LogP contribution is -1.93. The lowest BCUT2D eigenvalue weighted by molar-refractivity contribution is 0.982. The second kappa shape index (κ2) is 6.12. The molecule has 0 spiro atoms. The Kier molecular flexibility index (Phi) is 4.22. The SMILES string of the molecule is CSc1cc(-c2ccc3ccccc3c2)c(C)c(SC)n1. The van der Waals surface area contributed by atoms with E-state index in [-0.39, 0.29) is 0 Å². The Labute approximate surface area is 134 Å². The van der Waals surface area contributed by atoms with Gasteiger partial charge in [-0.2, -0.15) is 0 Å². The Morgan fingerprint density at radius 1 is 0.857 bits per heavy atom. The third-order valence-electron chi connectivity index (χ3n) is 3.67. The molecule has 1 aromatic heterocycles. The zero-order chi connectivity index (χ0) is 14.8. The van der Waals surface area contributed by atoms with Crippen molar-refractivity contribution in [3.05, 3.63) is 54.1 Å². The number of fused-ring (bicyclic) bond motifs is 1. The highest BCUT2D eigenvalue weighted by atomic mass is 32.2. The van der Waals surface area contributed by atoms with E-state index < -0.39 is 0 Å². The zero-order valence-corrected chi connectivity index (χ0v) is 14.0. The van der Waals surface area contributed by atoms with Crippen molar-refractivity contribution in [2.75, 3.05) is 12.5 Å². The quantitative estimate of drug-likeness (QED) is 0.580. The maximum absolute atomic E-state index is 4.68. The predicted molar refractivity (Wildman–Crippen MR) is 95.5 cm³/mol. The average Bonchev–Trinajstić information content (AvgIpc) is 2.54. The summed E-state index contributed by atoms with van der Waals surface area (Å²) < 4.78 is 0. The Hall–Kier alpha value is -1.45. The van der Waals surface area contributed by atoms with E-state index in [0.717, 1.165) is 10.1 Å². The number of benzene rings is 2. The van der Waals surface area contributed by atoms with Crippen LogP contribution in [-0.4, -0.2) is 17.5 Å². The van der Waals surface area contributed by atoms with Crippen molar-refractivity contribution in [3.63, 3.8) is 0 Å². The number of thioether (sulfide) groups is 2. The zero-order valence-electron chi connectivity index (χ0n) is 12.4. The van der Waals surface area contributed by atoms with Crippen LogP contribution in [0, 0.1) is 6.92 Å². The summed E-state index contributed by atoms with van der Waals surface area (Å²) in [6.07, 6.45) is 4.16. The number of hydrogen-bond acceptors (Lipinski definition) is 3. The number of rotatable bonds is 3. The number of nitrogens with zero attached hydrogens (tertiary/aromatic N) is 1. The standard InChI is InChI=1S/C18H17NS2/c1-12-16(11-17(20-2)19-18(12)21-3)15-9-8-13-6-4-5-7-14(13)10-15/h4-11H,1-3H3. The third kappa shape index (κ3) is 2.81. The van der Waals surface area contributed by atoms with Gasteiger partial charge in [0.1, 0.15) is 5.03 Å². The molecule has 0 N–H and O–H groups in total. The summed E-state index contributed by atoms with van der Waals surface area (Å²) in [5, 5.41) is 4.75. The van der Waals surface area contributed by atoms with E-state index in [9.17, 15) is 0 Å². The number of pyridine rings is 1. The van der Waals surface area contributed by atoms with Crippen LogP contribution < -0.4 is 0 Å². The fraction of sp³-hybridized carbons (Fsp3) is 0.167. The van der Waals surface area contributed by atoms with Gasteiger partial charge in [-0.3, -0.25) is 0 Å². The van der Waals surface area contributed by atoms with Crippen molar-refractivity contribution in [1.82, 2.24) is 4.98 Å². The van der Waals surface area contributed by atoms with Crippen LogP contribution in [-0.2, 0) is 0 Å². The first-order chi connectivity index (χ1) is 10.2. The van der Waals surface area contributed by atoms with Crippen molar-refractivity contribution in [3.8, 4) is 11.1 Å². The molecule has 2 aromatic carbocycles. The Balaban J connectivity index is 2.21. The van der Waals surface area contributed by atoms with Crippen LogP contribution in [0.4, 0.5) is 0 Å². The van der Waals surface area contributed by atoms with E-state index in [1.165, 1.54) is 27.5 Å². The van der Waals surface area contributed by atoms with E-state index in [1.807, 2.05) is 0 Å². The summed E-state index contributed by atoms with van der Waals surface area (Å²) in [6, 6.07) is 17.4. The fourth-order valence-corrected chi connectivity index (χ4v) is 3.60. The first kappa shape index (κ1) is 14.5. The molecule has 0 fully saturated rings. The highest BCUT2D eigenvalue weighted by Gasteiger charge is 2.10. The predicted octanol–water partition coefficient (Wildman–Crippen LogP) is 5.65. The summed E-state index contributed by atoms with van der Waals surface area (Å²) in [7, 11) is 0. The molecule has 0 aliphatic heterocycles. The average molecular weight is 311 g/mol. The van der Waals surface area contributed by atoms with Crippen LogP contribution >= 0.6 is 23.5 Å². The molecular weight excluding hydrogens is 294 g/mol. The van der Waals surface area contributed by atoms with Gasteiger partial charge in [0.25, 0.3) is 0 Å². The van der Waals surface area contributed by atoms with Gasteiger partial charge in [0.05, 0.1) is 5.03 Å². The van der Waals surface area contributed by atoms with Gasteiger partial charge in [-0.15, -0.1) is 23.5 Å². The van der Waals surface area contributed by atoms with E-state index >= 15 is 0 Å². The van der Waals surface area contributed by atoms with Gasteiger partial charge in [-0.25, -0.2) is 4.98 Å². The van der Waals surface area contributed by atoms with Gasteiger partial charge < -0.3 is 0 Å². The molecule has 0 radical (unpaired) electrons. The Bertz CT molecular complexity index is 796. The molecule has 0 aliphatic rings. The second-order valence-electron chi connectivity index (χ2n) is 4.91. The molecule has 3 rings (SSSR count). The van der Waals surface area contributed by atoms with Crippen molar-refractivity contribution >= 4 is 34.3 Å². The third-order valence-corrected chi connectivity index (χ3v) is 5.08. The highest BCUT2D eigenvalue weighted by Crippen LogP contribution is 2.33. The molecule has 106 valence electrons. The van der Waals surface area contributed by atoms with Crippen molar-refractivity contribution in [2.24, 2.45) is 0 Å². The minimum absolute atomic E-state index is 1.08. The van der Waals surface area contributed by atoms with E-state index in [0.29, 0.717) is 0 Å². The monoisotopic (exact) mass is 311 g/mol. The summed E-state index contributed by atoms with van der Waals surface area (Å²) in [5.41, 5.74) is 3.80. The minimum atomic E-state index is 1.08. The van der Waals surface area contributed by atoms with Crippen molar-refractivity contribution in [2.45, 2.75) is 17.0 Å². The van der Waals surface area contributed by atoms with Gasteiger partial charge >= 0.3 is 0 Å². The van der Waals surface area contributed by atoms with Crippen LogP contribution in [0.25, 0.3) is 21.9 Å². The van der Waals surface area contributed by atoms with Crippen LogP contribution in [0.2, 0.25) is 0 Å². The van der Waals surface area contributed by atoms with Crippen molar-refractivity contribution in [1.29, 1.82) is 0 Å². The molecule has 1 heterocycles. The van der Waals surface area contributed by atoms with Crippen LogP contribution in [0.1, 0.15) is 5.56 Å². The molecular formula is C18H17NS2. The molecule has 3 heteroatoms. The topological polar surface area (TPSA) is 12.9 Å². The van der Waals surface area contributed by atoms with Gasteiger partial charge in [0.2, 0.25) is 0 Å². The molecule has 0 saturated heterocycles. The van der Waals surface area contributed by atoms with Crippen molar-refractivity contribution < 1.29 is 0 Å². The fourth-order valence-electron chi connectivity index (χ4n) is 2.52. The van der Waals surface area contributed by atoms with E-state index in [1.54, 1.807) is 23.5 Å². The first-order valence-corrected chi connectivity index (χ1v) is 9.26. The highest BCUT2D eigenvalue weighted by molar-refractivity contribution is 7.99. The molecule has 0 unspecified atom stereocenters. The first-order valence-electron chi connectivity index (χ1n) is 6.81. The normalized spacial score (nSPS) is 11.0. The lowest BCUT2D eigenvalue weighted by atomic mass is 9.99. The van der Waals surface area contributed by atoms with Gasteiger partial charge in [0.15, 0.2) is 0 Å². The van der Waals surface area contributed by atoms with Gasteiger partial charge in [0, 0.05) is 0 Å². The van der Waals surface area contributed by atoms with Crippen LogP contribution in [0.3, 0.4) is 0 Å². The minimum Gasteiger partial charge on any atom is -0.235 e. The number of aromatic nitrogens is 1. The van der Waals surface area contributed by atoms with Gasteiger partial charge in [-0.05, 0) is 59.0 Å². The molecule has 0 aliphatic carbocycles. The Morgan fingerprint density at radius 2 is 1.62 bits per heavy atom. The summed E-state index contributed by atoms with van der Waals surface area (Å²) in [4.78, 5) is 4.68. The number of hydrogen-bond donors (Lipinski definition) is 0. The van der Waals surface area contributed by atoms with Crippen LogP contribution in [0.5, 0.6) is 0 Å². The smallest absolute Gasteiger partial charge is 0.101 e. The molecule has 0 amide bonds.